The Kier molecular flexibility index (Phi) is 3.18. The minimum absolute atomic E-state index is 0.0191. The summed E-state index contributed by atoms with van der Waals surface area (Å²) in [6.45, 7) is 1.17. The monoisotopic (exact) mass is 272 g/mol. The van der Waals surface area contributed by atoms with Crippen LogP contribution in [0.5, 0.6) is 0 Å². The zero-order valence-electron chi connectivity index (χ0n) is 11.0. The molecule has 1 aliphatic heterocycles. The summed E-state index contributed by atoms with van der Waals surface area (Å²) in [7, 11) is 0. The van der Waals surface area contributed by atoms with Gasteiger partial charge in [-0.2, -0.15) is 0 Å². The van der Waals surface area contributed by atoms with Gasteiger partial charge in [-0.25, -0.2) is 0 Å². The molecule has 1 amide bonds. The van der Waals surface area contributed by atoms with E-state index in [0.29, 0.717) is 18.7 Å². The van der Waals surface area contributed by atoms with Gasteiger partial charge in [-0.15, -0.1) is 0 Å². The van der Waals surface area contributed by atoms with Gasteiger partial charge in [-0.1, -0.05) is 6.07 Å². The van der Waals surface area contributed by atoms with Crippen LogP contribution in [0.15, 0.2) is 30.5 Å². The second kappa shape index (κ2) is 5.00. The van der Waals surface area contributed by atoms with Crippen LogP contribution < -0.4 is 0 Å². The van der Waals surface area contributed by atoms with Crippen molar-refractivity contribution >= 4 is 22.8 Å². The molecule has 0 spiro atoms. The number of aromatic amines is 1. The predicted molar refractivity (Wildman–Crippen MR) is 74.6 cm³/mol. The van der Waals surface area contributed by atoms with E-state index in [2.05, 4.69) is 4.98 Å². The van der Waals surface area contributed by atoms with Crippen molar-refractivity contribution in [3.8, 4) is 0 Å². The fraction of sp³-hybridized carbons (Fsp3) is 0.333. The molecule has 5 nitrogen and oxygen atoms in total. The molecule has 0 bridgehead atoms. The Morgan fingerprint density at radius 2 is 2.20 bits per heavy atom. The summed E-state index contributed by atoms with van der Waals surface area (Å²) in [5.41, 5.74) is 1.59. The average Bonchev–Trinajstić information content (AvgIpc) is 3.04. The number of carboxylic acid groups (broad SMARTS) is 1. The molecule has 0 saturated carbocycles. The molecule has 1 aromatic carbocycles. The highest BCUT2D eigenvalue weighted by atomic mass is 16.4. The van der Waals surface area contributed by atoms with Crippen LogP contribution in [0.4, 0.5) is 0 Å². The Hall–Kier alpha value is -2.30. The van der Waals surface area contributed by atoms with Crippen molar-refractivity contribution < 1.29 is 14.7 Å². The van der Waals surface area contributed by atoms with Gasteiger partial charge in [-0.3, -0.25) is 9.59 Å². The van der Waals surface area contributed by atoms with Crippen LogP contribution in [-0.4, -0.2) is 40.0 Å². The standard InChI is InChI=1S/C15H16N2O3/c18-14(19)7-10-4-6-17(9-10)15(20)12-2-1-11-3-5-16-13(11)8-12/h1-3,5,8,10,16H,4,6-7,9H2,(H,18,19). The number of nitrogens with zero attached hydrogens (tertiary/aromatic N) is 1. The van der Waals surface area contributed by atoms with Crippen LogP contribution >= 0.6 is 0 Å². The van der Waals surface area contributed by atoms with Crippen molar-refractivity contribution in [1.82, 2.24) is 9.88 Å². The lowest BCUT2D eigenvalue weighted by Gasteiger charge is -2.16. The summed E-state index contributed by atoms with van der Waals surface area (Å²) in [5, 5.41) is 9.88. The molecule has 3 rings (SSSR count). The molecule has 1 aromatic heterocycles. The third-order valence-corrected chi connectivity index (χ3v) is 3.84. The third-order valence-electron chi connectivity index (χ3n) is 3.84. The van der Waals surface area contributed by atoms with E-state index in [0.717, 1.165) is 17.3 Å². The lowest BCUT2D eigenvalue weighted by atomic mass is 10.1. The van der Waals surface area contributed by atoms with Gasteiger partial charge in [0.2, 0.25) is 0 Å². The zero-order chi connectivity index (χ0) is 14.1. The minimum atomic E-state index is -0.794. The van der Waals surface area contributed by atoms with Gasteiger partial charge >= 0.3 is 5.97 Å². The number of aliphatic carboxylic acids is 1. The third kappa shape index (κ3) is 2.39. The summed E-state index contributed by atoms with van der Waals surface area (Å²) in [5.74, 6) is -0.739. The lowest BCUT2D eigenvalue weighted by molar-refractivity contribution is -0.138. The van der Waals surface area contributed by atoms with E-state index in [9.17, 15) is 9.59 Å². The highest BCUT2D eigenvalue weighted by Gasteiger charge is 2.28. The number of H-pyrrole nitrogens is 1. The second-order valence-corrected chi connectivity index (χ2v) is 5.28. The topological polar surface area (TPSA) is 73.4 Å². The van der Waals surface area contributed by atoms with Gasteiger partial charge in [0, 0.05) is 36.8 Å². The van der Waals surface area contributed by atoms with Crippen molar-refractivity contribution in [2.24, 2.45) is 5.92 Å². The number of fused-ring (bicyclic) bond motifs is 1. The molecular formula is C15H16N2O3. The van der Waals surface area contributed by atoms with Crippen molar-refractivity contribution in [2.75, 3.05) is 13.1 Å². The molecule has 1 aliphatic rings. The van der Waals surface area contributed by atoms with Crippen LogP contribution in [0.3, 0.4) is 0 Å². The maximum absolute atomic E-state index is 12.4. The smallest absolute Gasteiger partial charge is 0.303 e. The van der Waals surface area contributed by atoms with E-state index in [1.165, 1.54) is 0 Å². The lowest BCUT2D eigenvalue weighted by Crippen LogP contribution is -2.28. The number of carbonyl (C=O) groups is 2. The number of benzene rings is 1. The number of carboxylic acids is 1. The molecule has 2 N–H and O–H groups in total. The highest BCUT2D eigenvalue weighted by Crippen LogP contribution is 2.22. The first-order chi connectivity index (χ1) is 9.63. The van der Waals surface area contributed by atoms with E-state index >= 15 is 0 Å². The maximum Gasteiger partial charge on any atom is 0.303 e. The SMILES string of the molecule is O=C(O)CC1CCN(C(=O)c2ccc3cc[nH]c3c2)C1. The summed E-state index contributed by atoms with van der Waals surface area (Å²) >= 11 is 0. The molecule has 104 valence electrons. The van der Waals surface area contributed by atoms with Crippen LogP contribution in [0.2, 0.25) is 0 Å². The summed E-state index contributed by atoms with van der Waals surface area (Å²) in [4.78, 5) is 28.0. The molecular weight excluding hydrogens is 256 g/mol. The van der Waals surface area contributed by atoms with Crippen LogP contribution in [0.1, 0.15) is 23.2 Å². The second-order valence-electron chi connectivity index (χ2n) is 5.28. The number of hydrogen-bond acceptors (Lipinski definition) is 2. The largest absolute Gasteiger partial charge is 0.481 e. The summed E-state index contributed by atoms with van der Waals surface area (Å²) in [6.07, 6.45) is 2.75. The Morgan fingerprint density at radius 1 is 1.35 bits per heavy atom. The van der Waals surface area contributed by atoms with Gasteiger partial charge in [0.1, 0.15) is 0 Å². The quantitative estimate of drug-likeness (QED) is 0.898. The van der Waals surface area contributed by atoms with Crippen molar-refractivity contribution in [3.63, 3.8) is 0 Å². The van der Waals surface area contributed by atoms with Crippen molar-refractivity contribution in [3.05, 3.63) is 36.0 Å². The zero-order valence-corrected chi connectivity index (χ0v) is 11.0. The number of likely N-dealkylation sites (tertiary alicyclic amines) is 1. The number of amides is 1. The van der Waals surface area contributed by atoms with Gasteiger partial charge in [0.25, 0.3) is 5.91 Å². The fourth-order valence-corrected chi connectivity index (χ4v) is 2.79. The predicted octanol–water partition coefficient (Wildman–Crippen LogP) is 2.10. The highest BCUT2D eigenvalue weighted by molar-refractivity contribution is 5.98. The minimum Gasteiger partial charge on any atom is -0.481 e. The Balaban J connectivity index is 1.74. The average molecular weight is 272 g/mol. The van der Waals surface area contributed by atoms with E-state index < -0.39 is 5.97 Å². The molecule has 1 unspecified atom stereocenters. The first kappa shape index (κ1) is 12.7. The molecule has 20 heavy (non-hydrogen) atoms. The first-order valence-electron chi connectivity index (χ1n) is 6.71. The van der Waals surface area contributed by atoms with Crippen LogP contribution in [0.25, 0.3) is 10.9 Å². The van der Waals surface area contributed by atoms with Crippen LogP contribution in [-0.2, 0) is 4.79 Å². The number of rotatable bonds is 3. The first-order valence-corrected chi connectivity index (χ1v) is 6.71. The van der Waals surface area contributed by atoms with Gasteiger partial charge in [0.05, 0.1) is 0 Å². The van der Waals surface area contributed by atoms with E-state index in [-0.39, 0.29) is 18.2 Å². The van der Waals surface area contributed by atoms with E-state index in [1.807, 2.05) is 30.5 Å². The Morgan fingerprint density at radius 3 is 3.00 bits per heavy atom. The maximum atomic E-state index is 12.4. The van der Waals surface area contributed by atoms with E-state index in [1.54, 1.807) is 4.90 Å². The molecule has 0 radical (unpaired) electrons. The Bertz CT molecular complexity index is 662. The summed E-state index contributed by atoms with van der Waals surface area (Å²) < 4.78 is 0. The van der Waals surface area contributed by atoms with Crippen molar-refractivity contribution in [2.45, 2.75) is 12.8 Å². The van der Waals surface area contributed by atoms with Gasteiger partial charge in [-0.05, 0) is 35.9 Å². The normalized spacial score (nSPS) is 18.6. The fourth-order valence-electron chi connectivity index (χ4n) is 2.79. The molecule has 1 saturated heterocycles. The van der Waals surface area contributed by atoms with Gasteiger partial charge in [0.15, 0.2) is 0 Å². The number of hydrogen-bond donors (Lipinski definition) is 2. The molecule has 2 heterocycles. The number of aromatic nitrogens is 1. The summed E-state index contributed by atoms with van der Waals surface area (Å²) in [6, 6.07) is 7.55. The molecule has 0 aliphatic carbocycles. The Labute approximate surface area is 116 Å². The molecule has 5 heteroatoms. The molecule has 1 atom stereocenters. The number of nitrogens with one attached hydrogen (secondary N) is 1. The van der Waals surface area contributed by atoms with Crippen LogP contribution in [0, 0.1) is 5.92 Å². The van der Waals surface area contributed by atoms with Crippen molar-refractivity contribution in [1.29, 1.82) is 0 Å². The van der Waals surface area contributed by atoms with E-state index in [4.69, 9.17) is 5.11 Å². The van der Waals surface area contributed by atoms with Gasteiger partial charge < -0.3 is 15.0 Å². The molecule has 2 aromatic rings. The molecule has 1 fully saturated rings. The number of carbonyl (C=O) groups excluding carboxylic acids is 1.